The Morgan fingerprint density at radius 2 is 1.84 bits per heavy atom. The molecular formula is C24H27N. The monoisotopic (exact) mass is 329 g/mol. The van der Waals surface area contributed by atoms with Gasteiger partial charge in [-0.1, -0.05) is 55.1 Å². The van der Waals surface area contributed by atoms with Gasteiger partial charge in [-0.05, 0) is 79.9 Å². The van der Waals surface area contributed by atoms with Gasteiger partial charge in [0.25, 0.3) is 0 Å². The van der Waals surface area contributed by atoms with Crippen molar-refractivity contribution in [1.29, 1.82) is 0 Å². The average Bonchev–Trinajstić information content (AvgIpc) is 2.63. The van der Waals surface area contributed by atoms with Crippen LogP contribution in [0.4, 0.5) is 0 Å². The third kappa shape index (κ3) is 3.82. The molecule has 0 fully saturated rings. The van der Waals surface area contributed by atoms with Crippen LogP contribution in [-0.2, 0) is 0 Å². The maximum absolute atomic E-state index is 4.88. The molecule has 1 nitrogen and oxygen atoms in total. The molecule has 0 atom stereocenters. The van der Waals surface area contributed by atoms with Gasteiger partial charge in [0, 0.05) is 5.71 Å². The van der Waals surface area contributed by atoms with Gasteiger partial charge >= 0.3 is 0 Å². The average molecular weight is 329 g/mol. The zero-order valence-electron chi connectivity index (χ0n) is 15.6. The standard InChI is InChI=1S/C24H27N/c1-17-11-8-9-15-22(17)24-18(2)12-10-16-23(24)20(4)25-19(3)21-13-6-5-7-14-21/h6,8-9,11-15H,3,5,7,10,16H2,1-2,4H3. The third-order valence-corrected chi connectivity index (χ3v) is 5.02. The number of nitrogens with zero attached hydrogens (tertiary/aromatic N) is 1. The second kappa shape index (κ2) is 7.65. The van der Waals surface area contributed by atoms with Gasteiger partial charge in [-0.2, -0.15) is 0 Å². The van der Waals surface area contributed by atoms with Crippen LogP contribution in [0, 0.1) is 6.92 Å². The molecule has 0 aromatic heterocycles. The van der Waals surface area contributed by atoms with E-state index in [-0.39, 0.29) is 0 Å². The van der Waals surface area contributed by atoms with Gasteiger partial charge in [-0.15, -0.1) is 0 Å². The Labute approximate surface area is 151 Å². The molecule has 0 saturated heterocycles. The molecule has 1 aromatic carbocycles. The first kappa shape index (κ1) is 17.4. The maximum atomic E-state index is 4.88. The molecule has 0 saturated carbocycles. The highest BCUT2D eigenvalue weighted by Crippen LogP contribution is 2.35. The molecule has 0 bridgehead atoms. The number of hydrogen-bond donors (Lipinski definition) is 0. The fourth-order valence-electron chi connectivity index (χ4n) is 3.65. The second-order valence-corrected chi connectivity index (χ2v) is 6.88. The quantitative estimate of drug-likeness (QED) is 0.542. The Morgan fingerprint density at radius 3 is 2.56 bits per heavy atom. The molecule has 0 N–H and O–H groups in total. The second-order valence-electron chi connectivity index (χ2n) is 6.88. The first-order chi connectivity index (χ1) is 12.1. The lowest BCUT2D eigenvalue weighted by molar-refractivity contribution is 0.986. The van der Waals surface area contributed by atoms with E-state index in [4.69, 9.17) is 4.99 Å². The lowest BCUT2D eigenvalue weighted by atomic mass is 9.83. The van der Waals surface area contributed by atoms with Gasteiger partial charge in [-0.3, -0.25) is 4.99 Å². The summed E-state index contributed by atoms with van der Waals surface area (Å²) in [6.07, 6.45) is 13.3. The van der Waals surface area contributed by atoms with Crippen molar-refractivity contribution in [3.8, 4) is 0 Å². The summed E-state index contributed by atoms with van der Waals surface area (Å²) in [5.74, 6) is 0. The van der Waals surface area contributed by atoms with E-state index in [1.165, 1.54) is 27.8 Å². The minimum atomic E-state index is 0.872. The van der Waals surface area contributed by atoms with Crippen LogP contribution in [-0.4, -0.2) is 5.71 Å². The number of allylic oxidation sites excluding steroid dienone is 7. The molecule has 2 aliphatic rings. The van der Waals surface area contributed by atoms with Gasteiger partial charge in [-0.25, -0.2) is 0 Å². The first-order valence-electron chi connectivity index (χ1n) is 9.16. The predicted octanol–water partition coefficient (Wildman–Crippen LogP) is 6.74. The molecule has 0 amide bonds. The fourth-order valence-corrected chi connectivity index (χ4v) is 3.65. The summed E-state index contributed by atoms with van der Waals surface area (Å²) in [5, 5.41) is 0. The number of rotatable bonds is 4. The van der Waals surface area contributed by atoms with Gasteiger partial charge < -0.3 is 0 Å². The molecule has 0 spiro atoms. The molecule has 128 valence electrons. The van der Waals surface area contributed by atoms with E-state index in [0.717, 1.165) is 42.7 Å². The molecule has 0 heterocycles. The van der Waals surface area contributed by atoms with E-state index in [1.807, 2.05) is 0 Å². The Balaban J connectivity index is 2.03. The fraction of sp³-hybridized carbons (Fsp3) is 0.292. The number of aliphatic imine (C=N–C) groups is 1. The van der Waals surface area contributed by atoms with Crippen LogP contribution in [0.2, 0.25) is 0 Å². The van der Waals surface area contributed by atoms with E-state index < -0.39 is 0 Å². The zero-order valence-corrected chi connectivity index (χ0v) is 15.6. The van der Waals surface area contributed by atoms with Crippen molar-refractivity contribution in [2.75, 3.05) is 0 Å². The molecular weight excluding hydrogens is 302 g/mol. The SMILES string of the molecule is C=C(N=C(C)C1=C(c2ccccc2C)C(C)=CCC1)C1=CCCC=C1. The molecule has 0 radical (unpaired) electrons. The smallest absolute Gasteiger partial charge is 0.0630 e. The lowest BCUT2D eigenvalue weighted by Crippen LogP contribution is -2.08. The van der Waals surface area contributed by atoms with Crippen LogP contribution < -0.4 is 0 Å². The van der Waals surface area contributed by atoms with E-state index >= 15 is 0 Å². The van der Waals surface area contributed by atoms with Gasteiger partial charge in [0.2, 0.25) is 0 Å². The Morgan fingerprint density at radius 1 is 1.04 bits per heavy atom. The van der Waals surface area contributed by atoms with E-state index in [1.54, 1.807) is 0 Å². The van der Waals surface area contributed by atoms with E-state index in [9.17, 15) is 0 Å². The van der Waals surface area contributed by atoms with Gasteiger partial charge in [0.1, 0.15) is 0 Å². The number of aryl methyl sites for hydroxylation is 1. The molecule has 0 aliphatic heterocycles. The van der Waals surface area contributed by atoms with Crippen molar-refractivity contribution in [1.82, 2.24) is 0 Å². The minimum absolute atomic E-state index is 0.872. The number of hydrogen-bond acceptors (Lipinski definition) is 1. The molecule has 1 aromatic rings. The van der Waals surface area contributed by atoms with Crippen molar-refractivity contribution in [2.45, 2.75) is 46.5 Å². The van der Waals surface area contributed by atoms with E-state index in [2.05, 4.69) is 75.9 Å². The zero-order chi connectivity index (χ0) is 17.8. The van der Waals surface area contributed by atoms with Crippen molar-refractivity contribution < 1.29 is 0 Å². The maximum Gasteiger partial charge on any atom is 0.0630 e. The normalized spacial score (nSPS) is 18.1. The molecule has 3 rings (SSSR count). The van der Waals surface area contributed by atoms with Crippen LogP contribution in [0.3, 0.4) is 0 Å². The van der Waals surface area contributed by atoms with Crippen molar-refractivity contribution >= 4 is 11.3 Å². The summed E-state index contributed by atoms with van der Waals surface area (Å²) in [7, 11) is 0. The van der Waals surface area contributed by atoms with Crippen LogP contribution >= 0.6 is 0 Å². The van der Waals surface area contributed by atoms with Crippen molar-refractivity contribution in [3.05, 3.63) is 88.7 Å². The topological polar surface area (TPSA) is 12.4 Å². The molecule has 1 heteroatoms. The lowest BCUT2D eigenvalue weighted by Gasteiger charge is -2.22. The summed E-state index contributed by atoms with van der Waals surface area (Å²) >= 11 is 0. The van der Waals surface area contributed by atoms with E-state index in [0.29, 0.717) is 0 Å². The van der Waals surface area contributed by atoms with Crippen LogP contribution in [0.1, 0.15) is 50.7 Å². The summed E-state index contributed by atoms with van der Waals surface area (Å²) in [5.41, 5.74) is 9.83. The Hall–Kier alpha value is -2.41. The highest BCUT2D eigenvalue weighted by Gasteiger charge is 2.18. The molecule has 2 aliphatic carbocycles. The summed E-state index contributed by atoms with van der Waals surface area (Å²) in [4.78, 5) is 4.88. The summed E-state index contributed by atoms with van der Waals surface area (Å²) in [6.45, 7) is 10.7. The van der Waals surface area contributed by atoms with Crippen LogP contribution in [0.25, 0.3) is 5.57 Å². The van der Waals surface area contributed by atoms with Crippen molar-refractivity contribution in [2.24, 2.45) is 4.99 Å². The molecule has 25 heavy (non-hydrogen) atoms. The number of benzene rings is 1. The van der Waals surface area contributed by atoms with Crippen LogP contribution in [0.5, 0.6) is 0 Å². The highest BCUT2D eigenvalue weighted by molar-refractivity contribution is 6.08. The molecule has 0 unspecified atom stereocenters. The largest absolute Gasteiger partial charge is 0.253 e. The third-order valence-electron chi connectivity index (χ3n) is 5.02. The Bertz CT molecular complexity index is 841. The highest BCUT2D eigenvalue weighted by atomic mass is 14.8. The predicted molar refractivity (Wildman–Crippen MR) is 110 cm³/mol. The summed E-state index contributed by atoms with van der Waals surface area (Å²) in [6, 6.07) is 8.64. The van der Waals surface area contributed by atoms with Crippen LogP contribution in [0.15, 0.2) is 82.6 Å². The van der Waals surface area contributed by atoms with Gasteiger partial charge in [0.05, 0.1) is 5.70 Å². The van der Waals surface area contributed by atoms with Crippen molar-refractivity contribution in [3.63, 3.8) is 0 Å². The van der Waals surface area contributed by atoms with Gasteiger partial charge in [0.15, 0.2) is 0 Å². The first-order valence-corrected chi connectivity index (χ1v) is 9.16. The Kier molecular flexibility index (Phi) is 5.33. The minimum Gasteiger partial charge on any atom is -0.253 e. The summed E-state index contributed by atoms with van der Waals surface area (Å²) < 4.78 is 0.